The Kier molecular flexibility index (Phi) is 3.27. The normalized spacial score (nSPS) is 19.7. The third-order valence-corrected chi connectivity index (χ3v) is 5.24. The number of fused-ring (bicyclic) bond motifs is 6. The van der Waals surface area contributed by atoms with Crippen LogP contribution in [0.4, 0.5) is 5.69 Å². The first kappa shape index (κ1) is 16.4. The van der Waals surface area contributed by atoms with Gasteiger partial charge in [-0.15, -0.1) is 0 Å². The van der Waals surface area contributed by atoms with Crippen LogP contribution in [0.15, 0.2) is 59.4 Å². The molecular weight excluding hydrogens is 360 g/mol. The fourth-order valence-corrected chi connectivity index (χ4v) is 3.99. The van der Waals surface area contributed by atoms with E-state index in [2.05, 4.69) is 10.1 Å². The van der Waals surface area contributed by atoms with Crippen molar-refractivity contribution in [3.05, 3.63) is 65.0 Å². The van der Waals surface area contributed by atoms with Crippen molar-refractivity contribution in [2.75, 3.05) is 4.90 Å². The van der Waals surface area contributed by atoms with Crippen LogP contribution in [0.2, 0.25) is 0 Å². The molecular formula is C20H14N4O4. The molecule has 138 valence electrons. The Morgan fingerprint density at radius 2 is 1.75 bits per heavy atom. The Bertz CT molecular complexity index is 1200. The highest BCUT2D eigenvalue weighted by molar-refractivity contribution is 6.07. The second-order valence-corrected chi connectivity index (χ2v) is 6.74. The highest BCUT2D eigenvalue weighted by atomic mass is 16.4. The second kappa shape index (κ2) is 5.59. The number of carbonyl (C=O) groups is 2. The molecule has 8 nitrogen and oxygen atoms in total. The summed E-state index contributed by atoms with van der Waals surface area (Å²) in [5.74, 6) is -1.37. The van der Waals surface area contributed by atoms with Gasteiger partial charge in [0.15, 0.2) is 11.5 Å². The average Bonchev–Trinajstić information content (AvgIpc) is 3.07. The zero-order valence-corrected chi connectivity index (χ0v) is 14.6. The lowest BCUT2D eigenvalue weighted by molar-refractivity contribution is -0.148. The Morgan fingerprint density at radius 3 is 2.50 bits per heavy atom. The zero-order chi connectivity index (χ0) is 19.5. The van der Waals surface area contributed by atoms with Crippen molar-refractivity contribution in [1.29, 1.82) is 0 Å². The summed E-state index contributed by atoms with van der Waals surface area (Å²) in [5.41, 5.74) is -0.794. The van der Waals surface area contributed by atoms with Crippen LogP contribution in [0.25, 0.3) is 22.6 Å². The fraction of sp³-hybridized carbons (Fsp3) is 0.150. The van der Waals surface area contributed by atoms with Gasteiger partial charge in [-0.05, 0) is 12.1 Å². The van der Waals surface area contributed by atoms with Gasteiger partial charge in [0.2, 0.25) is 11.6 Å². The number of hydrogen-bond donors (Lipinski definition) is 1. The molecule has 1 saturated heterocycles. The number of benzene rings is 2. The Balaban J connectivity index is 1.89. The summed E-state index contributed by atoms with van der Waals surface area (Å²) < 4.78 is 1.23. The SMILES string of the molecule is O=C1CCC2(C(=O)O)N1c1ccccc1-c1nc(=O)c(-c3ccccc3)nn12. The predicted octanol–water partition coefficient (Wildman–Crippen LogP) is 1.85. The van der Waals surface area contributed by atoms with Crippen molar-refractivity contribution in [2.24, 2.45) is 0 Å². The van der Waals surface area contributed by atoms with Crippen LogP contribution in [0, 0.1) is 0 Å². The van der Waals surface area contributed by atoms with Crippen molar-refractivity contribution in [1.82, 2.24) is 14.8 Å². The van der Waals surface area contributed by atoms with E-state index in [1.54, 1.807) is 54.6 Å². The molecule has 1 aromatic heterocycles. The molecule has 8 heteroatoms. The molecule has 0 bridgehead atoms. The molecule has 1 fully saturated rings. The molecule has 0 spiro atoms. The molecule has 2 aromatic carbocycles. The molecule has 1 atom stereocenters. The van der Waals surface area contributed by atoms with E-state index in [-0.39, 0.29) is 30.3 Å². The number of nitrogens with zero attached hydrogens (tertiary/aromatic N) is 4. The van der Waals surface area contributed by atoms with Gasteiger partial charge in [0, 0.05) is 24.0 Å². The van der Waals surface area contributed by atoms with E-state index in [9.17, 15) is 19.5 Å². The maximum Gasteiger partial charge on any atom is 0.353 e. The number of carbonyl (C=O) groups excluding carboxylic acids is 1. The molecule has 28 heavy (non-hydrogen) atoms. The minimum Gasteiger partial charge on any atom is -0.478 e. The van der Waals surface area contributed by atoms with Crippen LogP contribution in [0.3, 0.4) is 0 Å². The summed E-state index contributed by atoms with van der Waals surface area (Å²) in [4.78, 5) is 43.3. The molecule has 1 amide bonds. The van der Waals surface area contributed by atoms with Crippen molar-refractivity contribution >= 4 is 17.6 Å². The molecule has 1 unspecified atom stereocenters. The van der Waals surface area contributed by atoms with Crippen LogP contribution in [0.5, 0.6) is 0 Å². The smallest absolute Gasteiger partial charge is 0.353 e. The van der Waals surface area contributed by atoms with Gasteiger partial charge < -0.3 is 5.11 Å². The average molecular weight is 374 g/mol. The third-order valence-electron chi connectivity index (χ3n) is 5.24. The number of carboxylic acid groups (broad SMARTS) is 1. The van der Waals surface area contributed by atoms with Gasteiger partial charge in [0.25, 0.3) is 5.56 Å². The van der Waals surface area contributed by atoms with E-state index in [0.29, 0.717) is 16.8 Å². The van der Waals surface area contributed by atoms with E-state index >= 15 is 0 Å². The van der Waals surface area contributed by atoms with Crippen molar-refractivity contribution in [2.45, 2.75) is 18.5 Å². The third kappa shape index (κ3) is 1.97. The number of hydrogen-bond acceptors (Lipinski definition) is 5. The molecule has 3 aromatic rings. The van der Waals surface area contributed by atoms with Crippen molar-refractivity contribution < 1.29 is 14.7 Å². The first-order chi connectivity index (χ1) is 13.5. The largest absolute Gasteiger partial charge is 0.478 e. The maximum absolute atomic E-state index is 12.7. The zero-order valence-electron chi connectivity index (χ0n) is 14.6. The van der Waals surface area contributed by atoms with Crippen LogP contribution in [0.1, 0.15) is 12.8 Å². The Labute approximate surface area is 158 Å². The van der Waals surface area contributed by atoms with E-state index in [0.717, 1.165) is 0 Å². The van der Waals surface area contributed by atoms with E-state index in [1.165, 1.54) is 9.58 Å². The number of aliphatic carboxylic acids is 1. The van der Waals surface area contributed by atoms with Gasteiger partial charge in [-0.1, -0.05) is 42.5 Å². The fourth-order valence-electron chi connectivity index (χ4n) is 3.99. The quantitative estimate of drug-likeness (QED) is 0.734. The lowest BCUT2D eigenvalue weighted by Gasteiger charge is -2.41. The van der Waals surface area contributed by atoms with Crippen LogP contribution in [-0.2, 0) is 15.3 Å². The number of aromatic nitrogens is 3. The van der Waals surface area contributed by atoms with E-state index in [1.807, 2.05) is 0 Å². The summed E-state index contributed by atoms with van der Waals surface area (Å²) in [6.45, 7) is 0. The number of rotatable bonds is 2. The minimum absolute atomic E-state index is 0.0360. The van der Waals surface area contributed by atoms with Gasteiger partial charge in [0.1, 0.15) is 0 Å². The number of carboxylic acids is 1. The molecule has 3 heterocycles. The summed E-state index contributed by atoms with van der Waals surface area (Å²) in [6, 6.07) is 15.6. The molecule has 5 rings (SSSR count). The molecule has 0 saturated carbocycles. The maximum atomic E-state index is 12.7. The van der Waals surface area contributed by atoms with Gasteiger partial charge in [0.05, 0.1) is 5.69 Å². The minimum atomic E-state index is -1.75. The topological polar surface area (TPSA) is 105 Å². The number of para-hydroxylation sites is 1. The molecule has 1 N–H and O–H groups in total. The van der Waals surface area contributed by atoms with Crippen molar-refractivity contribution in [3.63, 3.8) is 0 Å². The van der Waals surface area contributed by atoms with E-state index < -0.39 is 17.2 Å². The summed E-state index contributed by atoms with van der Waals surface area (Å²) in [6.07, 6.45) is 0.100. The van der Waals surface area contributed by atoms with E-state index in [4.69, 9.17) is 0 Å². The molecule has 0 radical (unpaired) electrons. The molecule has 2 aliphatic rings. The lowest BCUT2D eigenvalue weighted by atomic mass is 10.00. The summed E-state index contributed by atoms with van der Waals surface area (Å²) in [5, 5.41) is 14.6. The van der Waals surface area contributed by atoms with Gasteiger partial charge >= 0.3 is 5.97 Å². The standard InChI is InChI=1S/C20H14N4O4/c25-15-10-11-20(19(27)28)23(15)14-9-5-4-8-13(14)17-21-18(26)16(22-24(17)20)12-6-2-1-3-7-12/h1-9H,10-11H2,(H,27,28). The first-order valence-electron chi connectivity index (χ1n) is 8.77. The second-order valence-electron chi connectivity index (χ2n) is 6.74. The molecule has 2 aliphatic heterocycles. The monoisotopic (exact) mass is 374 g/mol. The lowest BCUT2D eigenvalue weighted by Crippen LogP contribution is -2.58. The Morgan fingerprint density at radius 1 is 1.04 bits per heavy atom. The van der Waals surface area contributed by atoms with Crippen LogP contribution in [-0.4, -0.2) is 31.7 Å². The van der Waals surface area contributed by atoms with Gasteiger partial charge in [-0.3, -0.25) is 14.5 Å². The highest BCUT2D eigenvalue weighted by Gasteiger charge is 2.58. The van der Waals surface area contributed by atoms with Gasteiger partial charge in [-0.2, -0.15) is 10.1 Å². The highest BCUT2D eigenvalue weighted by Crippen LogP contribution is 2.47. The van der Waals surface area contributed by atoms with Gasteiger partial charge in [-0.25, -0.2) is 9.48 Å². The number of anilines is 1. The summed E-state index contributed by atoms with van der Waals surface area (Å²) in [7, 11) is 0. The van der Waals surface area contributed by atoms with Crippen molar-refractivity contribution in [3.8, 4) is 22.6 Å². The summed E-state index contributed by atoms with van der Waals surface area (Å²) >= 11 is 0. The predicted molar refractivity (Wildman–Crippen MR) is 99.5 cm³/mol. The first-order valence-corrected chi connectivity index (χ1v) is 8.77. The number of amides is 1. The van der Waals surface area contributed by atoms with Crippen LogP contribution < -0.4 is 10.5 Å². The Hall–Kier alpha value is -3.81. The molecule has 0 aliphatic carbocycles. The van der Waals surface area contributed by atoms with Crippen LogP contribution >= 0.6 is 0 Å².